The lowest BCUT2D eigenvalue weighted by atomic mass is 9.92. The number of carboxylic acid groups (broad SMARTS) is 1. The SMILES string of the molecule is C.CSCC[C@H](NC(=O)c1ccc(CN(C(C)C)C2(Cc3ccccc3)CC2)cc1-c1ccccc1C)C(=O)O. The minimum Gasteiger partial charge on any atom is -0.480 e. The van der Waals surface area contributed by atoms with Crippen molar-refractivity contribution in [2.45, 2.75) is 78.0 Å². The van der Waals surface area contributed by atoms with Crippen LogP contribution in [0.2, 0.25) is 0 Å². The molecule has 6 heteroatoms. The van der Waals surface area contributed by atoms with Gasteiger partial charge in [-0.25, -0.2) is 4.79 Å². The van der Waals surface area contributed by atoms with E-state index < -0.39 is 12.0 Å². The molecule has 40 heavy (non-hydrogen) atoms. The second-order valence-electron chi connectivity index (χ2n) is 10.9. The molecule has 2 N–H and O–H groups in total. The van der Waals surface area contributed by atoms with Crippen LogP contribution in [0, 0.1) is 6.92 Å². The molecule has 4 rings (SSSR count). The molecule has 0 bridgehead atoms. The number of carbonyl (C=O) groups excluding carboxylic acids is 1. The first kappa shape index (κ1) is 31.4. The van der Waals surface area contributed by atoms with Crippen molar-refractivity contribution in [3.05, 3.63) is 95.1 Å². The van der Waals surface area contributed by atoms with Gasteiger partial charge in [0.1, 0.15) is 6.04 Å². The highest BCUT2D eigenvalue weighted by Gasteiger charge is 2.48. The van der Waals surface area contributed by atoms with Gasteiger partial charge in [0, 0.05) is 23.7 Å². The molecule has 1 amide bonds. The van der Waals surface area contributed by atoms with Gasteiger partial charge in [-0.15, -0.1) is 0 Å². The van der Waals surface area contributed by atoms with Crippen molar-refractivity contribution in [3.8, 4) is 11.1 Å². The molecule has 0 heterocycles. The van der Waals surface area contributed by atoms with E-state index in [-0.39, 0.29) is 18.9 Å². The molecule has 1 atom stereocenters. The van der Waals surface area contributed by atoms with Gasteiger partial charge in [0.2, 0.25) is 0 Å². The molecule has 0 aromatic heterocycles. The van der Waals surface area contributed by atoms with E-state index in [1.165, 1.54) is 18.4 Å². The Morgan fingerprint density at radius 3 is 2.25 bits per heavy atom. The smallest absolute Gasteiger partial charge is 0.326 e. The number of hydrogen-bond acceptors (Lipinski definition) is 4. The third-order valence-corrected chi connectivity index (χ3v) is 8.41. The van der Waals surface area contributed by atoms with Crippen LogP contribution >= 0.6 is 11.8 Å². The van der Waals surface area contributed by atoms with E-state index >= 15 is 0 Å². The Labute approximate surface area is 244 Å². The largest absolute Gasteiger partial charge is 0.480 e. The van der Waals surface area contributed by atoms with E-state index in [1.807, 2.05) is 49.6 Å². The first-order chi connectivity index (χ1) is 18.7. The average molecular weight is 561 g/mol. The van der Waals surface area contributed by atoms with Crippen molar-refractivity contribution < 1.29 is 14.7 Å². The molecule has 0 spiro atoms. The number of aliphatic carboxylic acids is 1. The molecule has 3 aromatic carbocycles. The number of aryl methyl sites for hydroxylation is 1. The summed E-state index contributed by atoms with van der Waals surface area (Å²) in [6.07, 6.45) is 5.70. The van der Waals surface area contributed by atoms with E-state index in [0.717, 1.165) is 35.2 Å². The average Bonchev–Trinajstić information content (AvgIpc) is 3.69. The Bertz CT molecular complexity index is 1290. The summed E-state index contributed by atoms with van der Waals surface area (Å²) in [5.41, 5.74) is 6.07. The van der Waals surface area contributed by atoms with Crippen molar-refractivity contribution in [1.29, 1.82) is 0 Å². The summed E-state index contributed by atoms with van der Waals surface area (Å²) >= 11 is 1.57. The quantitative estimate of drug-likeness (QED) is 0.231. The Morgan fingerprint density at radius 1 is 0.975 bits per heavy atom. The molecule has 1 aliphatic rings. The molecule has 214 valence electrons. The number of thioether (sulfide) groups is 1. The van der Waals surface area contributed by atoms with E-state index in [0.29, 0.717) is 23.8 Å². The molecule has 0 saturated heterocycles. The normalized spacial score (nSPS) is 14.4. The molecule has 1 fully saturated rings. The zero-order valence-corrected chi connectivity index (χ0v) is 24.3. The fraction of sp³-hybridized carbons (Fsp3) is 0.412. The summed E-state index contributed by atoms with van der Waals surface area (Å²) in [4.78, 5) is 27.9. The first-order valence-electron chi connectivity index (χ1n) is 13.8. The molecule has 3 aromatic rings. The van der Waals surface area contributed by atoms with E-state index in [9.17, 15) is 14.7 Å². The Kier molecular flexibility index (Phi) is 11.0. The van der Waals surface area contributed by atoms with Gasteiger partial charge in [0.25, 0.3) is 5.91 Å². The standard InChI is InChI=1S/C33H40N2O3S.CH4/c1-23(2)35(33(17-18-33)21-25-11-6-5-7-12-25)22-26-14-15-28(29(20-26)27-13-9-8-10-24(27)3)31(36)34-30(32(37)38)16-19-39-4;/h5-15,20,23,30H,16-19,21-22H2,1-4H3,(H,34,36)(H,37,38);1H4/t30-;/m0./s1. The van der Waals surface area contributed by atoms with Gasteiger partial charge in [-0.2, -0.15) is 11.8 Å². The fourth-order valence-electron chi connectivity index (χ4n) is 5.50. The van der Waals surface area contributed by atoms with E-state index in [2.05, 4.69) is 60.5 Å². The molecular weight excluding hydrogens is 516 g/mol. The summed E-state index contributed by atoms with van der Waals surface area (Å²) in [5.74, 6) is -0.694. The lowest BCUT2D eigenvalue weighted by Gasteiger charge is -2.36. The fourth-order valence-corrected chi connectivity index (χ4v) is 5.97. The third-order valence-electron chi connectivity index (χ3n) is 7.77. The Morgan fingerprint density at radius 2 is 1.65 bits per heavy atom. The van der Waals surface area contributed by atoms with Crippen molar-refractivity contribution in [2.24, 2.45) is 0 Å². The molecule has 0 radical (unpaired) electrons. The highest BCUT2D eigenvalue weighted by molar-refractivity contribution is 7.98. The van der Waals surface area contributed by atoms with Gasteiger partial charge >= 0.3 is 5.97 Å². The third kappa shape index (κ3) is 7.55. The lowest BCUT2D eigenvalue weighted by molar-refractivity contribution is -0.139. The number of rotatable bonds is 13. The minimum atomic E-state index is -1.01. The van der Waals surface area contributed by atoms with Gasteiger partial charge in [-0.3, -0.25) is 9.69 Å². The Hall–Kier alpha value is -3.09. The summed E-state index contributed by atoms with van der Waals surface area (Å²) < 4.78 is 0. The van der Waals surface area contributed by atoms with Gasteiger partial charge in [-0.05, 0) is 98.4 Å². The van der Waals surface area contributed by atoms with Gasteiger partial charge in [-0.1, -0.05) is 68.1 Å². The summed E-state index contributed by atoms with van der Waals surface area (Å²) in [7, 11) is 0. The highest BCUT2D eigenvalue weighted by atomic mass is 32.2. The monoisotopic (exact) mass is 560 g/mol. The van der Waals surface area contributed by atoms with Crippen molar-refractivity contribution >= 4 is 23.6 Å². The molecule has 1 saturated carbocycles. The number of carbonyl (C=O) groups is 2. The van der Waals surface area contributed by atoms with E-state index in [4.69, 9.17) is 0 Å². The lowest BCUT2D eigenvalue weighted by Crippen LogP contribution is -2.43. The zero-order valence-electron chi connectivity index (χ0n) is 23.4. The zero-order chi connectivity index (χ0) is 28.0. The second-order valence-corrected chi connectivity index (χ2v) is 11.9. The van der Waals surface area contributed by atoms with Crippen LogP contribution < -0.4 is 5.32 Å². The molecular formula is C34H44N2O3S. The minimum absolute atomic E-state index is 0. The first-order valence-corrected chi connectivity index (χ1v) is 15.2. The summed E-state index contributed by atoms with van der Waals surface area (Å²) in [6, 6.07) is 24.2. The van der Waals surface area contributed by atoms with Gasteiger partial charge < -0.3 is 10.4 Å². The predicted octanol–water partition coefficient (Wildman–Crippen LogP) is 7.22. The van der Waals surface area contributed by atoms with Crippen LogP contribution in [0.4, 0.5) is 0 Å². The number of carboxylic acids is 1. The summed E-state index contributed by atoms with van der Waals surface area (Å²) in [6.45, 7) is 7.35. The number of nitrogens with zero attached hydrogens (tertiary/aromatic N) is 1. The highest BCUT2D eigenvalue weighted by Crippen LogP contribution is 2.46. The van der Waals surface area contributed by atoms with Crippen LogP contribution in [-0.4, -0.2) is 51.5 Å². The van der Waals surface area contributed by atoms with Crippen LogP contribution in [0.25, 0.3) is 11.1 Å². The number of hydrogen-bond donors (Lipinski definition) is 2. The number of benzene rings is 3. The van der Waals surface area contributed by atoms with Crippen molar-refractivity contribution in [1.82, 2.24) is 10.2 Å². The summed E-state index contributed by atoms with van der Waals surface area (Å²) in [5, 5.41) is 12.5. The van der Waals surface area contributed by atoms with Crippen molar-refractivity contribution in [2.75, 3.05) is 12.0 Å². The van der Waals surface area contributed by atoms with Crippen LogP contribution in [-0.2, 0) is 17.8 Å². The molecule has 1 aliphatic carbocycles. The molecule has 5 nitrogen and oxygen atoms in total. The van der Waals surface area contributed by atoms with Crippen LogP contribution in [0.5, 0.6) is 0 Å². The maximum absolute atomic E-state index is 13.5. The van der Waals surface area contributed by atoms with Gasteiger partial charge in [0.05, 0.1) is 0 Å². The van der Waals surface area contributed by atoms with Crippen LogP contribution in [0.15, 0.2) is 72.8 Å². The van der Waals surface area contributed by atoms with Crippen molar-refractivity contribution in [3.63, 3.8) is 0 Å². The number of amides is 1. The second kappa shape index (κ2) is 14.0. The van der Waals surface area contributed by atoms with Crippen LogP contribution in [0.3, 0.4) is 0 Å². The van der Waals surface area contributed by atoms with Crippen LogP contribution in [0.1, 0.15) is 67.6 Å². The maximum Gasteiger partial charge on any atom is 0.326 e. The van der Waals surface area contributed by atoms with E-state index in [1.54, 1.807) is 11.8 Å². The number of nitrogens with one attached hydrogen (secondary N) is 1. The molecule has 0 aliphatic heterocycles. The Balaban J connectivity index is 0.00000441. The topological polar surface area (TPSA) is 69.6 Å². The maximum atomic E-state index is 13.5. The predicted molar refractivity (Wildman–Crippen MR) is 168 cm³/mol. The van der Waals surface area contributed by atoms with Gasteiger partial charge in [0.15, 0.2) is 0 Å². The molecule has 0 unspecified atom stereocenters.